The van der Waals surface area contributed by atoms with Gasteiger partial charge in [0, 0.05) is 6.07 Å². The highest BCUT2D eigenvalue weighted by molar-refractivity contribution is 6.39. The molecule has 0 aliphatic carbocycles. The van der Waals surface area contributed by atoms with Gasteiger partial charge in [-0.15, -0.1) is 0 Å². The Labute approximate surface area is 114 Å². The van der Waals surface area contributed by atoms with Gasteiger partial charge in [0.25, 0.3) is 0 Å². The van der Waals surface area contributed by atoms with Gasteiger partial charge in [-0.05, 0) is 13.0 Å². The van der Waals surface area contributed by atoms with E-state index in [1.54, 1.807) is 6.92 Å². The van der Waals surface area contributed by atoms with Crippen molar-refractivity contribution in [1.82, 2.24) is 0 Å². The van der Waals surface area contributed by atoms with Crippen molar-refractivity contribution in [1.29, 1.82) is 0 Å². The maximum atomic E-state index is 11.6. The van der Waals surface area contributed by atoms with E-state index in [1.807, 2.05) is 0 Å². The fourth-order valence-electron chi connectivity index (χ4n) is 1.67. The van der Waals surface area contributed by atoms with Crippen LogP contribution in [0.3, 0.4) is 0 Å². The summed E-state index contributed by atoms with van der Waals surface area (Å²) in [7, 11) is 1.48. The molecule has 1 aliphatic heterocycles. The molecule has 0 aromatic heterocycles. The minimum Gasteiger partial charge on any atom is -0.497 e. The van der Waals surface area contributed by atoms with E-state index in [2.05, 4.69) is 5.16 Å². The third kappa shape index (κ3) is 2.50. The van der Waals surface area contributed by atoms with Crippen LogP contribution in [-0.4, -0.2) is 30.5 Å². The Morgan fingerprint density at radius 3 is 2.95 bits per heavy atom. The smallest absolute Gasteiger partial charge is 0.359 e. The molecule has 1 N–H and O–H groups in total. The van der Waals surface area contributed by atoms with Gasteiger partial charge in [0.05, 0.1) is 24.3 Å². The number of carbonyl (C=O) groups excluding carboxylic acids is 1. The van der Waals surface area contributed by atoms with Crippen molar-refractivity contribution in [3.63, 3.8) is 0 Å². The summed E-state index contributed by atoms with van der Waals surface area (Å²) in [5.41, 5.74) is 0.0296. The Morgan fingerprint density at radius 2 is 2.32 bits per heavy atom. The number of carbonyl (C=O) groups is 1. The number of ether oxygens (including phenoxy) is 2. The lowest BCUT2D eigenvalue weighted by molar-refractivity contribution is -0.135. The van der Waals surface area contributed by atoms with Crippen LogP contribution in [0.4, 0.5) is 0 Å². The molecule has 1 aromatic carbocycles. The molecular weight excluding hydrogens is 274 g/mol. The normalized spacial score (nSPS) is 17.1. The van der Waals surface area contributed by atoms with Crippen LogP contribution in [-0.2, 0) is 9.53 Å². The highest BCUT2D eigenvalue weighted by Crippen LogP contribution is 2.39. The summed E-state index contributed by atoms with van der Waals surface area (Å²) in [6, 6.07) is 3.04. The molecule has 19 heavy (non-hydrogen) atoms. The van der Waals surface area contributed by atoms with Crippen molar-refractivity contribution in [2.24, 2.45) is 5.16 Å². The minimum atomic E-state index is -1.29. The van der Waals surface area contributed by atoms with Crippen LogP contribution in [0.1, 0.15) is 18.6 Å². The molecule has 0 spiro atoms. The summed E-state index contributed by atoms with van der Waals surface area (Å²) in [5, 5.41) is 13.9. The molecule has 1 aromatic rings. The van der Waals surface area contributed by atoms with Crippen LogP contribution in [0, 0.1) is 0 Å². The second-order valence-corrected chi connectivity index (χ2v) is 4.12. The molecule has 0 saturated heterocycles. The molecule has 7 heteroatoms. The summed E-state index contributed by atoms with van der Waals surface area (Å²) in [6.45, 7) is 1.83. The molecule has 0 fully saturated rings. The van der Waals surface area contributed by atoms with E-state index in [9.17, 15) is 9.90 Å². The molecule has 1 atom stereocenters. The van der Waals surface area contributed by atoms with Gasteiger partial charge in [-0.25, -0.2) is 4.79 Å². The molecule has 0 radical (unpaired) electrons. The van der Waals surface area contributed by atoms with Crippen LogP contribution in [0.15, 0.2) is 17.3 Å². The number of aliphatic hydroxyl groups excluding tert-OH is 1. The molecule has 1 aliphatic rings. The average Bonchev–Trinajstić information content (AvgIpc) is 2.38. The third-order valence-corrected chi connectivity index (χ3v) is 2.87. The molecule has 6 nitrogen and oxygen atoms in total. The number of fused-ring (bicyclic) bond motifs is 1. The lowest BCUT2D eigenvalue weighted by atomic mass is 10.0. The number of methoxy groups -OCH3 is 1. The topological polar surface area (TPSA) is 77.4 Å². The Kier molecular flexibility index (Phi) is 3.92. The first-order valence-electron chi connectivity index (χ1n) is 5.56. The molecule has 2 rings (SSSR count). The molecule has 0 saturated carbocycles. The largest absolute Gasteiger partial charge is 0.497 e. The third-order valence-electron chi connectivity index (χ3n) is 2.56. The van der Waals surface area contributed by atoms with Crippen molar-refractivity contribution in [2.75, 3.05) is 13.7 Å². The van der Waals surface area contributed by atoms with Crippen molar-refractivity contribution in [3.8, 4) is 11.5 Å². The summed E-state index contributed by atoms with van der Waals surface area (Å²) >= 11 is 6.04. The number of rotatable bonds is 3. The number of hydrogen-bond donors (Lipinski definition) is 1. The molecule has 1 unspecified atom stereocenters. The number of nitrogens with zero attached hydrogens (tertiary/aromatic N) is 1. The summed E-state index contributed by atoms with van der Waals surface area (Å²) in [5.74, 6) is -0.0387. The first-order chi connectivity index (χ1) is 9.08. The van der Waals surface area contributed by atoms with E-state index in [0.717, 1.165) is 0 Å². The number of hydrogen-bond acceptors (Lipinski definition) is 6. The standard InChI is InChI=1S/C12H12ClNO5/c1-3-18-12(16)10-11(15)9-7(13)4-6(17-2)5-8(9)19-14-10/h4-5,11,15H,3H2,1-2H3. The van der Waals surface area contributed by atoms with E-state index in [-0.39, 0.29) is 28.7 Å². The van der Waals surface area contributed by atoms with Crippen LogP contribution in [0.25, 0.3) is 0 Å². The predicted octanol–water partition coefficient (Wildman–Crippen LogP) is 1.69. The average molecular weight is 286 g/mol. The van der Waals surface area contributed by atoms with Gasteiger partial charge in [-0.2, -0.15) is 0 Å². The SMILES string of the molecule is CCOC(=O)C1=NOc2cc(OC)cc(Cl)c2C1O. The predicted molar refractivity (Wildman–Crippen MR) is 67.7 cm³/mol. The van der Waals surface area contributed by atoms with Crippen LogP contribution >= 0.6 is 11.6 Å². The molecule has 0 amide bonds. The van der Waals surface area contributed by atoms with Gasteiger partial charge in [0.15, 0.2) is 11.5 Å². The summed E-state index contributed by atoms with van der Waals surface area (Å²) in [4.78, 5) is 16.7. The highest BCUT2D eigenvalue weighted by atomic mass is 35.5. The molecule has 102 valence electrons. The van der Waals surface area contributed by atoms with E-state index < -0.39 is 12.1 Å². The number of esters is 1. The number of benzene rings is 1. The molecular formula is C12H12ClNO5. The lowest BCUT2D eigenvalue weighted by Crippen LogP contribution is -2.28. The summed E-state index contributed by atoms with van der Waals surface area (Å²) < 4.78 is 9.80. The molecule has 0 bridgehead atoms. The number of aliphatic hydroxyl groups is 1. The second-order valence-electron chi connectivity index (χ2n) is 3.71. The van der Waals surface area contributed by atoms with Gasteiger partial charge < -0.3 is 19.4 Å². The maximum Gasteiger partial charge on any atom is 0.359 e. The van der Waals surface area contributed by atoms with Crippen LogP contribution in [0.2, 0.25) is 5.02 Å². The van der Waals surface area contributed by atoms with Gasteiger partial charge in [-0.1, -0.05) is 16.8 Å². The zero-order chi connectivity index (χ0) is 14.0. The molecule has 1 heterocycles. The second kappa shape index (κ2) is 5.46. The maximum absolute atomic E-state index is 11.6. The highest BCUT2D eigenvalue weighted by Gasteiger charge is 2.33. The Hall–Kier alpha value is -1.79. The van der Waals surface area contributed by atoms with E-state index in [1.165, 1.54) is 19.2 Å². The van der Waals surface area contributed by atoms with E-state index in [4.69, 9.17) is 25.9 Å². The minimum absolute atomic E-state index is 0.174. The van der Waals surface area contributed by atoms with Gasteiger partial charge in [-0.3, -0.25) is 0 Å². The monoisotopic (exact) mass is 285 g/mol. The zero-order valence-electron chi connectivity index (χ0n) is 10.3. The van der Waals surface area contributed by atoms with Crippen molar-refractivity contribution < 1.29 is 24.2 Å². The first kappa shape index (κ1) is 13.6. The van der Waals surface area contributed by atoms with Crippen molar-refractivity contribution in [3.05, 3.63) is 22.7 Å². The lowest BCUT2D eigenvalue weighted by Gasteiger charge is -2.21. The quantitative estimate of drug-likeness (QED) is 0.855. The Morgan fingerprint density at radius 1 is 1.58 bits per heavy atom. The fraction of sp³-hybridized carbons (Fsp3) is 0.333. The van der Waals surface area contributed by atoms with Gasteiger partial charge in [0.1, 0.15) is 11.9 Å². The van der Waals surface area contributed by atoms with Gasteiger partial charge >= 0.3 is 5.97 Å². The Balaban J connectivity index is 2.38. The van der Waals surface area contributed by atoms with Gasteiger partial charge in [0.2, 0.25) is 0 Å². The van der Waals surface area contributed by atoms with Crippen molar-refractivity contribution in [2.45, 2.75) is 13.0 Å². The number of oxime groups is 1. The zero-order valence-corrected chi connectivity index (χ0v) is 11.1. The first-order valence-corrected chi connectivity index (χ1v) is 5.93. The number of halogens is 1. The summed E-state index contributed by atoms with van der Waals surface area (Å²) in [6.07, 6.45) is -1.29. The van der Waals surface area contributed by atoms with Crippen molar-refractivity contribution >= 4 is 23.3 Å². The van der Waals surface area contributed by atoms with Crippen LogP contribution in [0.5, 0.6) is 11.5 Å². The van der Waals surface area contributed by atoms with E-state index in [0.29, 0.717) is 5.75 Å². The Bertz CT molecular complexity index is 543. The van der Waals surface area contributed by atoms with Crippen LogP contribution < -0.4 is 9.57 Å². The van der Waals surface area contributed by atoms with E-state index >= 15 is 0 Å². The fourth-order valence-corrected chi connectivity index (χ4v) is 1.97.